The lowest BCUT2D eigenvalue weighted by atomic mass is 10.3. The Morgan fingerprint density at radius 1 is 1.46 bits per heavy atom. The molecule has 3 nitrogen and oxygen atoms in total. The number of hydrogen-bond acceptors (Lipinski definition) is 2. The van der Waals surface area contributed by atoms with Gasteiger partial charge < -0.3 is 10.3 Å². The number of nitrogens with zero attached hydrogens (tertiary/aromatic N) is 2. The van der Waals surface area contributed by atoms with E-state index in [4.69, 9.17) is 5.73 Å². The maximum atomic E-state index is 5.60. The van der Waals surface area contributed by atoms with Crippen molar-refractivity contribution in [1.82, 2.24) is 9.55 Å². The van der Waals surface area contributed by atoms with Crippen molar-refractivity contribution in [3.8, 4) is 0 Å². The molecule has 0 fully saturated rings. The zero-order valence-corrected chi connectivity index (χ0v) is 7.91. The van der Waals surface area contributed by atoms with E-state index in [9.17, 15) is 0 Å². The second-order valence-corrected chi connectivity index (χ2v) is 3.26. The quantitative estimate of drug-likeness (QED) is 0.710. The first-order chi connectivity index (χ1) is 6.22. The molecule has 0 saturated heterocycles. The van der Waals surface area contributed by atoms with Gasteiger partial charge in [0, 0.05) is 25.0 Å². The minimum atomic E-state index is 0.561. The van der Waals surface area contributed by atoms with Gasteiger partial charge in [-0.3, -0.25) is 4.98 Å². The van der Waals surface area contributed by atoms with Crippen molar-refractivity contribution >= 4 is 11.0 Å². The highest BCUT2D eigenvalue weighted by atomic mass is 15.0. The fraction of sp³-hybridized carbons (Fsp3) is 0.300. The second-order valence-electron chi connectivity index (χ2n) is 3.26. The summed E-state index contributed by atoms with van der Waals surface area (Å²) in [5.41, 5.74) is 9.94. The summed E-state index contributed by atoms with van der Waals surface area (Å²) in [4.78, 5) is 4.43. The highest BCUT2D eigenvalue weighted by molar-refractivity contribution is 5.77. The molecule has 2 aromatic heterocycles. The van der Waals surface area contributed by atoms with Crippen LogP contribution in [0.4, 0.5) is 0 Å². The molecule has 0 aliphatic rings. The lowest BCUT2D eigenvalue weighted by molar-refractivity contribution is 0.849. The highest BCUT2D eigenvalue weighted by Crippen LogP contribution is 2.16. The summed E-state index contributed by atoms with van der Waals surface area (Å²) in [6, 6.07) is 6.14. The van der Waals surface area contributed by atoms with Crippen molar-refractivity contribution in [3.63, 3.8) is 0 Å². The lowest BCUT2D eigenvalue weighted by Crippen LogP contribution is -2.02. The van der Waals surface area contributed by atoms with Crippen LogP contribution in [0, 0.1) is 6.92 Å². The van der Waals surface area contributed by atoms with Crippen LogP contribution < -0.4 is 5.73 Å². The van der Waals surface area contributed by atoms with Crippen LogP contribution in [0.5, 0.6) is 0 Å². The Hall–Kier alpha value is -1.35. The number of pyridine rings is 1. The zero-order chi connectivity index (χ0) is 9.42. The van der Waals surface area contributed by atoms with Crippen molar-refractivity contribution in [2.24, 2.45) is 12.8 Å². The normalized spacial score (nSPS) is 11.0. The molecule has 2 N–H and O–H groups in total. The van der Waals surface area contributed by atoms with Crippen LogP contribution in [0.25, 0.3) is 11.0 Å². The van der Waals surface area contributed by atoms with Crippen molar-refractivity contribution in [2.75, 3.05) is 0 Å². The standard InChI is InChI=1S/C10H13N3/c1-7-3-4-10-9(12-7)5-8(6-11)13(10)2/h3-5H,6,11H2,1-2H3. The summed E-state index contributed by atoms with van der Waals surface area (Å²) in [6.07, 6.45) is 0. The van der Waals surface area contributed by atoms with E-state index < -0.39 is 0 Å². The maximum Gasteiger partial charge on any atom is 0.0887 e. The molecule has 0 saturated carbocycles. The molecular formula is C10H13N3. The van der Waals surface area contributed by atoms with Crippen LogP contribution in [-0.4, -0.2) is 9.55 Å². The minimum Gasteiger partial charge on any atom is -0.345 e. The number of rotatable bonds is 1. The number of aromatic nitrogens is 2. The molecule has 0 unspecified atom stereocenters. The number of fused-ring (bicyclic) bond motifs is 1. The molecule has 2 rings (SSSR count). The number of hydrogen-bond donors (Lipinski definition) is 1. The number of aryl methyl sites for hydroxylation is 2. The van der Waals surface area contributed by atoms with Crippen molar-refractivity contribution in [3.05, 3.63) is 29.6 Å². The first-order valence-electron chi connectivity index (χ1n) is 4.34. The Balaban J connectivity index is 2.76. The molecule has 0 aliphatic heterocycles. The van der Waals surface area contributed by atoms with Gasteiger partial charge in [-0.25, -0.2) is 0 Å². The third-order valence-electron chi connectivity index (χ3n) is 2.35. The highest BCUT2D eigenvalue weighted by Gasteiger charge is 2.04. The predicted molar refractivity (Wildman–Crippen MR) is 53.3 cm³/mol. The van der Waals surface area contributed by atoms with Gasteiger partial charge in [0.15, 0.2) is 0 Å². The molecule has 0 bridgehead atoms. The van der Waals surface area contributed by atoms with E-state index in [2.05, 4.69) is 15.6 Å². The summed E-state index contributed by atoms with van der Waals surface area (Å²) in [5, 5.41) is 0. The zero-order valence-electron chi connectivity index (χ0n) is 7.91. The van der Waals surface area contributed by atoms with Gasteiger partial charge in [0.25, 0.3) is 0 Å². The van der Waals surface area contributed by atoms with Gasteiger partial charge in [0.2, 0.25) is 0 Å². The van der Waals surface area contributed by atoms with Gasteiger partial charge in [-0.2, -0.15) is 0 Å². The van der Waals surface area contributed by atoms with Crippen molar-refractivity contribution in [2.45, 2.75) is 13.5 Å². The Labute approximate surface area is 77.2 Å². The average Bonchev–Trinajstić information content (AvgIpc) is 2.42. The van der Waals surface area contributed by atoms with Crippen LogP contribution >= 0.6 is 0 Å². The van der Waals surface area contributed by atoms with Crippen LogP contribution in [0.15, 0.2) is 18.2 Å². The Kier molecular flexibility index (Phi) is 1.81. The van der Waals surface area contributed by atoms with E-state index in [-0.39, 0.29) is 0 Å². The Morgan fingerprint density at radius 3 is 2.92 bits per heavy atom. The summed E-state index contributed by atoms with van der Waals surface area (Å²) in [7, 11) is 2.02. The average molecular weight is 175 g/mol. The predicted octanol–water partition coefficient (Wildman–Crippen LogP) is 1.34. The molecule has 0 amide bonds. The fourth-order valence-electron chi connectivity index (χ4n) is 1.56. The molecule has 0 spiro atoms. The molecule has 0 radical (unpaired) electrons. The number of nitrogens with two attached hydrogens (primary N) is 1. The van der Waals surface area contributed by atoms with Gasteiger partial charge >= 0.3 is 0 Å². The molecule has 2 heterocycles. The van der Waals surface area contributed by atoms with Crippen LogP contribution in [0.3, 0.4) is 0 Å². The molecule has 0 atom stereocenters. The Morgan fingerprint density at radius 2 is 2.23 bits per heavy atom. The third kappa shape index (κ3) is 1.21. The van der Waals surface area contributed by atoms with Crippen LogP contribution in [-0.2, 0) is 13.6 Å². The van der Waals surface area contributed by atoms with Gasteiger partial charge in [-0.1, -0.05) is 0 Å². The third-order valence-corrected chi connectivity index (χ3v) is 2.35. The summed E-state index contributed by atoms with van der Waals surface area (Å²) >= 11 is 0. The van der Waals surface area contributed by atoms with Gasteiger partial charge in [-0.15, -0.1) is 0 Å². The molecule has 2 aromatic rings. The van der Waals surface area contributed by atoms with Crippen LogP contribution in [0.2, 0.25) is 0 Å². The molecular weight excluding hydrogens is 162 g/mol. The van der Waals surface area contributed by atoms with E-state index in [0.717, 1.165) is 22.4 Å². The van der Waals surface area contributed by atoms with E-state index >= 15 is 0 Å². The van der Waals surface area contributed by atoms with E-state index in [1.807, 2.05) is 26.1 Å². The molecule has 0 aliphatic carbocycles. The van der Waals surface area contributed by atoms with Crippen LogP contribution in [0.1, 0.15) is 11.4 Å². The Bertz CT molecular complexity index is 443. The molecule has 68 valence electrons. The largest absolute Gasteiger partial charge is 0.345 e. The summed E-state index contributed by atoms with van der Waals surface area (Å²) < 4.78 is 2.09. The molecule has 0 aromatic carbocycles. The van der Waals surface area contributed by atoms with Gasteiger partial charge in [0.05, 0.1) is 11.0 Å². The van der Waals surface area contributed by atoms with Crippen molar-refractivity contribution in [1.29, 1.82) is 0 Å². The second kappa shape index (κ2) is 2.85. The van der Waals surface area contributed by atoms with Gasteiger partial charge in [0.1, 0.15) is 0 Å². The van der Waals surface area contributed by atoms with E-state index in [0.29, 0.717) is 6.54 Å². The van der Waals surface area contributed by atoms with E-state index in [1.165, 1.54) is 0 Å². The smallest absolute Gasteiger partial charge is 0.0887 e. The first-order valence-corrected chi connectivity index (χ1v) is 4.34. The van der Waals surface area contributed by atoms with Gasteiger partial charge in [-0.05, 0) is 25.1 Å². The maximum absolute atomic E-state index is 5.60. The minimum absolute atomic E-state index is 0.561. The fourth-order valence-corrected chi connectivity index (χ4v) is 1.56. The summed E-state index contributed by atoms with van der Waals surface area (Å²) in [5.74, 6) is 0. The summed E-state index contributed by atoms with van der Waals surface area (Å²) in [6.45, 7) is 2.56. The van der Waals surface area contributed by atoms with E-state index in [1.54, 1.807) is 0 Å². The molecule has 3 heteroatoms. The topological polar surface area (TPSA) is 43.8 Å². The lowest BCUT2D eigenvalue weighted by Gasteiger charge is -1.99. The SMILES string of the molecule is Cc1ccc2c(cc(CN)n2C)n1. The molecule has 13 heavy (non-hydrogen) atoms. The first kappa shape index (κ1) is 8.26. The van der Waals surface area contributed by atoms with Crippen molar-refractivity contribution < 1.29 is 0 Å². The monoisotopic (exact) mass is 175 g/mol.